The van der Waals surface area contributed by atoms with Gasteiger partial charge in [-0.25, -0.2) is 4.98 Å². The van der Waals surface area contributed by atoms with Crippen molar-refractivity contribution >= 4 is 28.2 Å². The molecule has 0 fully saturated rings. The molecule has 6 nitrogen and oxygen atoms in total. The van der Waals surface area contributed by atoms with Gasteiger partial charge in [-0.2, -0.15) is 0 Å². The number of methoxy groups -OCH3 is 1. The molecule has 0 aliphatic carbocycles. The summed E-state index contributed by atoms with van der Waals surface area (Å²) in [7, 11) is 1.56. The summed E-state index contributed by atoms with van der Waals surface area (Å²) in [6.45, 7) is 1.79. The van der Waals surface area contributed by atoms with Gasteiger partial charge in [0.05, 0.1) is 30.2 Å². The number of hydrogen-bond donors (Lipinski definition) is 2. The number of benzene rings is 1. The summed E-state index contributed by atoms with van der Waals surface area (Å²) in [6.07, 6.45) is 3.36. The van der Waals surface area contributed by atoms with Gasteiger partial charge in [0.25, 0.3) is 0 Å². The number of fused-ring (bicyclic) bond motifs is 1. The van der Waals surface area contributed by atoms with E-state index >= 15 is 0 Å². The van der Waals surface area contributed by atoms with Crippen LogP contribution in [-0.4, -0.2) is 29.0 Å². The molecule has 3 rings (SSSR count). The molecule has 1 amide bonds. The lowest BCUT2D eigenvalue weighted by Gasteiger charge is -2.16. The van der Waals surface area contributed by atoms with Gasteiger partial charge >= 0.3 is 0 Å². The first-order valence-electron chi connectivity index (χ1n) is 7.58. The Morgan fingerprint density at radius 1 is 1.12 bits per heavy atom. The lowest BCUT2D eigenvalue weighted by Crippen LogP contribution is -2.31. The lowest BCUT2D eigenvalue weighted by atomic mass is 10.1. The fourth-order valence-corrected chi connectivity index (χ4v) is 2.36. The largest absolute Gasteiger partial charge is 0.481 e. The minimum atomic E-state index is -0.424. The van der Waals surface area contributed by atoms with E-state index in [1.165, 1.54) is 0 Å². The smallest absolute Gasteiger partial charge is 0.246 e. The quantitative estimate of drug-likeness (QED) is 0.755. The predicted octanol–water partition coefficient (Wildman–Crippen LogP) is 3.08. The van der Waals surface area contributed by atoms with Crippen LogP contribution in [0.2, 0.25) is 0 Å². The summed E-state index contributed by atoms with van der Waals surface area (Å²) < 4.78 is 5.02. The molecule has 2 heterocycles. The Balaban J connectivity index is 1.71. The molecule has 0 saturated carbocycles. The Bertz CT molecular complexity index is 844. The average Bonchev–Trinajstić information content (AvgIpc) is 2.62. The van der Waals surface area contributed by atoms with Crippen LogP contribution in [0.3, 0.4) is 0 Å². The number of pyridine rings is 2. The van der Waals surface area contributed by atoms with Gasteiger partial charge < -0.3 is 15.4 Å². The van der Waals surface area contributed by atoms with Gasteiger partial charge in [0.1, 0.15) is 6.04 Å². The van der Waals surface area contributed by atoms with Gasteiger partial charge in [-0.15, -0.1) is 0 Å². The van der Waals surface area contributed by atoms with Crippen LogP contribution in [0.1, 0.15) is 6.92 Å². The van der Waals surface area contributed by atoms with Crippen LogP contribution in [0.15, 0.2) is 54.9 Å². The molecule has 24 heavy (non-hydrogen) atoms. The Hall–Kier alpha value is -3.15. The number of carbonyl (C=O) groups is 1. The fourth-order valence-electron chi connectivity index (χ4n) is 2.36. The minimum Gasteiger partial charge on any atom is -0.481 e. The highest BCUT2D eigenvalue weighted by atomic mass is 16.5. The number of anilines is 2. The molecule has 0 spiro atoms. The molecule has 1 aromatic carbocycles. The second kappa shape index (κ2) is 6.95. The zero-order valence-corrected chi connectivity index (χ0v) is 13.5. The van der Waals surface area contributed by atoms with Gasteiger partial charge in [-0.3, -0.25) is 9.78 Å². The van der Waals surface area contributed by atoms with E-state index in [1.807, 2.05) is 36.4 Å². The van der Waals surface area contributed by atoms with Crippen molar-refractivity contribution < 1.29 is 9.53 Å². The van der Waals surface area contributed by atoms with E-state index in [4.69, 9.17) is 4.74 Å². The zero-order chi connectivity index (χ0) is 16.9. The molecular formula is C18H18N4O2. The van der Waals surface area contributed by atoms with Crippen LogP contribution in [-0.2, 0) is 4.79 Å². The van der Waals surface area contributed by atoms with Crippen LogP contribution >= 0.6 is 0 Å². The van der Waals surface area contributed by atoms with Crippen molar-refractivity contribution in [2.75, 3.05) is 17.7 Å². The van der Waals surface area contributed by atoms with Crippen molar-refractivity contribution in [3.8, 4) is 5.88 Å². The van der Waals surface area contributed by atoms with Crippen molar-refractivity contribution in [1.82, 2.24) is 9.97 Å². The van der Waals surface area contributed by atoms with Crippen LogP contribution < -0.4 is 15.4 Å². The molecule has 0 radical (unpaired) electrons. The molecule has 0 bridgehead atoms. The maximum atomic E-state index is 12.4. The predicted molar refractivity (Wildman–Crippen MR) is 94.2 cm³/mol. The lowest BCUT2D eigenvalue weighted by molar-refractivity contribution is -0.116. The van der Waals surface area contributed by atoms with E-state index in [2.05, 4.69) is 20.6 Å². The van der Waals surface area contributed by atoms with Gasteiger partial charge in [-0.1, -0.05) is 6.07 Å². The van der Waals surface area contributed by atoms with Gasteiger partial charge in [0.2, 0.25) is 11.8 Å². The van der Waals surface area contributed by atoms with E-state index < -0.39 is 6.04 Å². The molecule has 6 heteroatoms. The Morgan fingerprint density at radius 3 is 2.75 bits per heavy atom. The Morgan fingerprint density at radius 2 is 2.00 bits per heavy atom. The average molecular weight is 322 g/mol. The number of ether oxygens (including phenoxy) is 1. The van der Waals surface area contributed by atoms with E-state index in [1.54, 1.807) is 32.5 Å². The molecule has 1 atom stereocenters. The molecule has 0 aliphatic heterocycles. The monoisotopic (exact) mass is 322 g/mol. The van der Waals surface area contributed by atoms with Crippen molar-refractivity contribution in [3.05, 3.63) is 54.9 Å². The van der Waals surface area contributed by atoms with E-state index in [9.17, 15) is 4.79 Å². The molecule has 122 valence electrons. The first kappa shape index (κ1) is 15.7. The highest BCUT2D eigenvalue weighted by Gasteiger charge is 2.14. The number of nitrogens with zero attached hydrogens (tertiary/aromatic N) is 2. The van der Waals surface area contributed by atoms with Gasteiger partial charge in [0.15, 0.2) is 0 Å². The molecule has 0 saturated heterocycles. The summed E-state index contributed by atoms with van der Waals surface area (Å²) in [5.74, 6) is 0.392. The molecule has 0 aliphatic rings. The second-order valence-corrected chi connectivity index (χ2v) is 5.32. The van der Waals surface area contributed by atoms with Crippen molar-refractivity contribution in [1.29, 1.82) is 0 Å². The minimum absolute atomic E-state index is 0.137. The Kier molecular flexibility index (Phi) is 4.56. The normalized spacial score (nSPS) is 11.8. The van der Waals surface area contributed by atoms with Crippen molar-refractivity contribution in [2.45, 2.75) is 13.0 Å². The maximum Gasteiger partial charge on any atom is 0.246 e. The van der Waals surface area contributed by atoms with Crippen molar-refractivity contribution in [3.63, 3.8) is 0 Å². The highest BCUT2D eigenvalue weighted by molar-refractivity contribution is 6.03. The zero-order valence-electron chi connectivity index (χ0n) is 13.5. The number of aromatic nitrogens is 2. The summed E-state index contributed by atoms with van der Waals surface area (Å²) in [4.78, 5) is 20.8. The summed E-state index contributed by atoms with van der Waals surface area (Å²) in [6, 6.07) is 12.6. The molecule has 2 aromatic heterocycles. The Labute approximate surface area is 139 Å². The van der Waals surface area contributed by atoms with Gasteiger partial charge in [-0.05, 0) is 37.3 Å². The van der Waals surface area contributed by atoms with Gasteiger partial charge in [0, 0.05) is 17.6 Å². The summed E-state index contributed by atoms with van der Waals surface area (Å²) in [5, 5.41) is 6.97. The van der Waals surface area contributed by atoms with Crippen LogP contribution in [0.25, 0.3) is 10.9 Å². The molecule has 3 aromatic rings. The molecular weight excluding hydrogens is 304 g/mol. The van der Waals surface area contributed by atoms with Crippen molar-refractivity contribution in [2.24, 2.45) is 0 Å². The first-order chi connectivity index (χ1) is 11.7. The van der Waals surface area contributed by atoms with E-state index in [-0.39, 0.29) is 5.91 Å². The molecule has 2 N–H and O–H groups in total. The summed E-state index contributed by atoms with van der Waals surface area (Å²) >= 11 is 0. The second-order valence-electron chi connectivity index (χ2n) is 5.32. The topological polar surface area (TPSA) is 76.1 Å². The van der Waals surface area contributed by atoms with Crippen LogP contribution in [0.4, 0.5) is 11.4 Å². The third kappa shape index (κ3) is 3.43. The van der Waals surface area contributed by atoms with Crippen LogP contribution in [0, 0.1) is 0 Å². The third-order valence-electron chi connectivity index (χ3n) is 3.63. The van der Waals surface area contributed by atoms with E-state index in [0.717, 1.165) is 22.3 Å². The number of rotatable bonds is 5. The standard InChI is InChI=1S/C18H18N4O2/c1-12(21-13-8-9-17(24-2)20-11-13)18(23)22-16-7-3-6-15-14(16)5-4-10-19-15/h3-12,21H,1-2H3,(H,22,23)/t12-/m1/s1. The number of carbonyl (C=O) groups excluding carboxylic acids is 1. The highest BCUT2D eigenvalue weighted by Crippen LogP contribution is 2.21. The molecule has 0 unspecified atom stereocenters. The van der Waals surface area contributed by atoms with E-state index in [0.29, 0.717) is 5.88 Å². The fraction of sp³-hybridized carbons (Fsp3) is 0.167. The third-order valence-corrected chi connectivity index (χ3v) is 3.63. The number of amides is 1. The van der Waals surface area contributed by atoms with Crippen LogP contribution in [0.5, 0.6) is 5.88 Å². The summed E-state index contributed by atoms with van der Waals surface area (Å²) in [5.41, 5.74) is 2.33. The first-order valence-corrected chi connectivity index (χ1v) is 7.58. The maximum absolute atomic E-state index is 12.4. The number of nitrogens with one attached hydrogen (secondary N) is 2. The number of hydrogen-bond acceptors (Lipinski definition) is 5. The SMILES string of the molecule is COc1ccc(N[C@H](C)C(=O)Nc2cccc3ncccc23)cn1.